The molecule has 0 aliphatic carbocycles. The number of nitrogens with one attached hydrogen (secondary N) is 1. The van der Waals surface area contributed by atoms with Crippen LogP contribution >= 0.6 is 0 Å². The Morgan fingerprint density at radius 2 is 1.70 bits per heavy atom. The van der Waals surface area contributed by atoms with Crippen LogP contribution in [-0.2, 0) is 24.2 Å². The van der Waals surface area contributed by atoms with Gasteiger partial charge < -0.3 is 19.6 Å². The van der Waals surface area contributed by atoms with Crippen LogP contribution in [0.3, 0.4) is 0 Å². The number of rotatable bonds is 11. The predicted molar refractivity (Wildman–Crippen MR) is 151 cm³/mol. The van der Waals surface area contributed by atoms with Crippen molar-refractivity contribution in [1.82, 2.24) is 15.3 Å². The number of carbonyl (C=O) groups is 2. The molecule has 3 aromatic carbocycles. The Balaban J connectivity index is 1.25. The molecule has 0 spiro atoms. The highest BCUT2D eigenvalue weighted by Crippen LogP contribution is 2.23. The summed E-state index contributed by atoms with van der Waals surface area (Å²) in [7, 11) is 0. The number of fused-ring (bicyclic) bond motifs is 1. The maximum atomic E-state index is 12.9. The van der Waals surface area contributed by atoms with Gasteiger partial charge >= 0.3 is 5.97 Å². The van der Waals surface area contributed by atoms with Gasteiger partial charge in [-0.15, -0.1) is 0 Å². The van der Waals surface area contributed by atoms with Crippen molar-refractivity contribution in [2.24, 2.45) is 0 Å². The lowest BCUT2D eigenvalue weighted by Crippen LogP contribution is -2.24. The van der Waals surface area contributed by atoms with Gasteiger partial charge in [-0.3, -0.25) is 9.59 Å². The molecule has 0 unspecified atom stereocenters. The van der Waals surface area contributed by atoms with E-state index < -0.39 is 5.97 Å². The molecule has 0 saturated heterocycles. The molecule has 8 heteroatoms. The van der Waals surface area contributed by atoms with Gasteiger partial charge in [0.1, 0.15) is 17.2 Å². The molecule has 0 aliphatic heterocycles. The first-order chi connectivity index (χ1) is 19.5. The van der Waals surface area contributed by atoms with Crippen molar-refractivity contribution in [3.05, 3.63) is 113 Å². The second-order valence-corrected chi connectivity index (χ2v) is 9.38. The number of hydrogen-bond donors (Lipinski definition) is 2. The van der Waals surface area contributed by atoms with Crippen molar-refractivity contribution in [3.63, 3.8) is 0 Å². The number of nitrogens with zero attached hydrogens (tertiary/aromatic N) is 2. The lowest BCUT2D eigenvalue weighted by Gasteiger charge is -2.13. The molecular formula is C32H29N3O5. The number of carboxylic acid groups (broad SMARTS) is 1. The number of carboxylic acids is 1. The first-order valence-corrected chi connectivity index (χ1v) is 13.1. The van der Waals surface area contributed by atoms with E-state index in [0.29, 0.717) is 36.8 Å². The average molecular weight is 536 g/mol. The summed E-state index contributed by atoms with van der Waals surface area (Å²) in [6.07, 6.45) is 0.890. The van der Waals surface area contributed by atoms with Gasteiger partial charge in [-0.2, -0.15) is 0 Å². The second-order valence-electron chi connectivity index (χ2n) is 9.38. The fourth-order valence-electron chi connectivity index (χ4n) is 4.43. The summed E-state index contributed by atoms with van der Waals surface area (Å²) in [6.45, 7) is 2.47. The highest BCUT2D eigenvalue weighted by atomic mass is 16.5. The fraction of sp³-hybridized carbons (Fsp3) is 0.188. The highest BCUT2D eigenvalue weighted by Gasteiger charge is 2.14. The van der Waals surface area contributed by atoms with E-state index in [4.69, 9.17) is 9.15 Å². The van der Waals surface area contributed by atoms with Crippen molar-refractivity contribution in [2.75, 3.05) is 6.61 Å². The van der Waals surface area contributed by atoms with Crippen LogP contribution < -0.4 is 10.1 Å². The van der Waals surface area contributed by atoms with Crippen LogP contribution in [0.1, 0.15) is 39.5 Å². The Hall–Kier alpha value is -4.98. The Morgan fingerprint density at radius 1 is 0.900 bits per heavy atom. The van der Waals surface area contributed by atoms with Crippen molar-refractivity contribution >= 4 is 22.8 Å². The van der Waals surface area contributed by atoms with Crippen molar-refractivity contribution in [3.8, 4) is 17.2 Å². The molecule has 2 heterocycles. The summed E-state index contributed by atoms with van der Waals surface area (Å²) >= 11 is 0. The minimum atomic E-state index is -0.881. The number of aliphatic carboxylic acids is 1. The summed E-state index contributed by atoms with van der Waals surface area (Å²) in [6, 6.07) is 26.4. The minimum Gasteiger partial charge on any atom is -0.493 e. The van der Waals surface area contributed by atoms with E-state index in [1.807, 2.05) is 85.8 Å². The molecule has 0 saturated carbocycles. The van der Waals surface area contributed by atoms with E-state index in [1.165, 1.54) is 0 Å². The largest absolute Gasteiger partial charge is 0.493 e. The van der Waals surface area contributed by atoms with Crippen molar-refractivity contribution < 1.29 is 23.8 Å². The molecule has 0 fully saturated rings. The van der Waals surface area contributed by atoms with Gasteiger partial charge in [0.15, 0.2) is 0 Å². The molecular weight excluding hydrogens is 506 g/mol. The Morgan fingerprint density at radius 3 is 2.52 bits per heavy atom. The Kier molecular flexibility index (Phi) is 8.15. The third kappa shape index (κ3) is 6.53. The van der Waals surface area contributed by atoms with Gasteiger partial charge in [0.05, 0.1) is 17.8 Å². The number of oxazole rings is 1. The average Bonchev–Trinajstić information content (AvgIpc) is 3.35. The topological polar surface area (TPSA) is 115 Å². The first kappa shape index (κ1) is 26.6. The molecule has 0 atom stereocenters. The number of aryl methyl sites for hydroxylation is 2. The van der Waals surface area contributed by atoms with Crippen LogP contribution in [0.4, 0.5) is 0 Å². The molecule has 0 radical (unpaired) electrons. The molecule has 5 rings (SSSR count). The lowest BCUT2D eigenvalue weighted by molar-refractivity contribution is -0.136. The standard InChI is InChI=1S/C32H29N3O5/c1-21-27(35-32(40-21)24-8-3-2-4-9-24)17-18-39-26-14-11-22(13-16-30(36)37)25(19-26)20-33-31(38)29-15-12-23-7-5-6-10-28(23)34-29/h2-12,14-15,19H,13,16-18,20H2,1H3,(H,33,38)(H,36,37). The van der Waals surface area contributed by atoms with E-state index in [0.717, 1.165) is 39.0 Å². The molecule has 2 N–H and O–H groups in total. The summed E-state index contributed by atoms with van der Waals surface area (Å²) < 4.78 is 11.9. The lowest BCUT2D eigenvalue weighted by atomic mass is 10.0. The Bertz CT molecular complexity index is 1650. The molecule has 0 aliphatic rings. The molecule has 0 bridgehead atoms. The molecule has 1 amide bonds. The maximum absolute atomic E-state index is 12.9. The zero-order valence-electron chi connectivity index (χ0n) is 22.1. The van der Waals surface area contributed by atoms with Crippen molar-refractivity contribution in [2.45, 2.75) is 32.7 Å². The number of aromatic nitrogens is 2. The molecule has 2 aromatic heterocycles. The smallest absolute Gasteiger partial charge is 0.303 e. The normalized spacial score (nSPS) is 10.9. The van der Waals surface area contributed by atoms with E-state index in [-0.39, 0.29) is 18.9 Å². The van der Waals surface area contributed by atoms with Gasteiger partial charge in [0.25, 0.3) is 5.91 Å². The van der Waals surface area contributed by atoms with Crippen LogP contribution in [-0.4, -0.2) is 33.6 Å². The maximum Gasteiger partial charge on any atom is 0.303 e. The number of benzene rings is 3. The minimum absolute atomic E-state index is 0.0113. The number of ether oxygens (including phenoxy) is 1. The van der Waals surface area contributed by atoms with Crippen LogP contribution in [0.2, 0.25) is 0 Å². The highest BCUT2D eigenvalue weighted by molar-refractivity contribution is 5.94. The molecule has 5 aromatic rings. The zero-order valence-corrected chi connectivity index (χ0v) is 22.1. The van der Waals surface area contributed by atoms with E-state index >= 15 is 0 Å². The van der Waals surface area contributed by atoms with Crippen LogP contribution in [0.15, 0.2) is 89.3 Å². The third-order valence-electron chi connectivity index (χ3n) is 6.58. The molecule has 40 heavy (non-hydrogen) atoms. The van der Waals surface area contributed by atoms with E-state index in [1.54, 1.807) is 6.07 Å². The SMILES string of the molecule is Cc1oc(-c2ccccc2)nc1CCOc1ccc(CCC(=O)O)c(CNC(=O)c2ccc3ccccc3n2)c1. The van der Waals surface area contributed by atoms with Crippen LogP contribution in [0.25, 0.3) is 22.4 Å². The molecule has 8 nitrogen and oxygen atoms in total. The summed E-state index contributed by atoms with van der Waals surface area (Å²) in [5, 5.41) is 13.1. The first-order valence-electron chi connectivity index (χ1n) is 13.1. The summed E-state index contributed by atoms with van der Waals surface area (Å²) in [5.41, 5.74) is 4.42. The summed E-state index contributed by atoms with van der Waals surface area (Å²) in [5.74, 6) is 0.758. The monoisotopic (exact) mass is 535 g/mol. The van der Waals surface area contributed by atoms with Gasteiger partial charge in [-0.25, -0.2) is 9.97 Å². The van der Waals surface area contributed by atoms with Gasteiger partial charge in [0, 0.05) is 30.3 Å². The van der Waals surface area contributed by atoms with Gasteiger partial charge in [-0.05, 0) is 60.9 Å². The molecule has 202 valence electrons. The predicted octanol–water partition coefficient (Wildman–Crippen LogP) is 5.77. The quantitative estimate of drug-likeness (QED) is 0.221. The van der Waals surface area contributed by atoms with Crippen molar-refractivity contribution in [1.29, 1.82) is 0 Å². The number of amides is 1. The number of pyridine rings is 1. The second kappa shape index (κ2) is 12.3. The number of carbonyl (C=O) groups excluding carboxylic acids is 1. The number of hydrogen-bond acceptors (Lipinski definition) is 6. The van der Waals surface area contributed by atoms with Gasteiger partial charge in [0.2, 0.25) is 5.89 Å². The van der Waals surface area contributed by atoms with E-state index in [9.17, 15) is 14.7 Å². The Labute approximate surface area is 231 Å². The summed E-state index contributed by atoms with van der Waals surface area (Å²) in [4.78, 5) is 33.1. The van der Waals surface area contributed by atoms with Crippen LogP contribution in [0.5, 0.6) is 5.75 Å². The fourth-order valence-corrected chi connectivity index (χ4v) is 4.43. The third-order valence-corrected chi connectivity index (χ3v) is 6.58. The number of para-hydroxylation sites is 1. The zero-order chi connectivity index (χ0) is 27.9. The van der Waals surface area contributed by atoms with Gasteiger partial charge in [-0.1, -0.05) is 48.5 Å². The van der Waals surface area contributed by atoms with E-state index in [2.05, 4.69) is 15.3 Å². The van der Waals surface area contributed by atoms with Crippen LogP contribution in [0, 0.1) is 6.92 Å².